The first kappa shape index (κ1) is 17.3. The van der Waals surface area contributed by atoms with E-state index < -0.39 is 0 Å². The molecule has 1 aromatic rings. The van der Waals surface area contributed by atoms with Crippen molar-refractivity contribution < 1.29 is 9.84 Å². The Hall–Kier alpha value is -0.710. The van der Waals surface area contributed by atoms with Crippen LogP contribution in [0, 0.1) is 0 Å². The van der Waals surface area contributed by atoms with Gasteiger partial charge >= 0.3 is 0 Å². The number of rotatable bonds is 7. The molecule has 0 bridgehead atoms. The lowest BCUT2D eigenvalue weighted by Crippen LogP contribution is -2.35. The fourth-order valence-electron chi connectivity index (χ4n) is 1.71. The van der Waals surface area contributed by atoms with E-state index in [1.54, 1.807) is 18.9 Å². The van der Waals surface area contributed by atoms with Gasteiger partial charge in [-0.15, -0.1) is 0 Å². The summed E-state index contributed by atoms with van der Waals surface area (Å²) in [6.45, 7) is 9.57. The zero-order chi connectivity index (χ0) is 15.2. The minimum Gasteiger partial charge on any atom is -0.496 e. The second-order valence-electron chi connectivity index (χ2n) is 6.05. The number of benzene rings is 1. The van der Waals surface area contributed by atoms with Crippen molar-refractivity contribution in [1.29, 1.82) is 0 Å². The molecule has 0 aliphatic carbocycles. The smallest absolute Gasteiger partial charge is 0.122 e. The van der Waals surface area contributed by atoms with E-state index in [2.05, 4.69) is 38.2 Å². The molecule has 20 heavy (non-hydrogen) atoms. The Morgan fingerprint density at radius 3 is 2.60 bits per heavy atom. The van der Waals surface area contributed by atoms with Crippen LogP contribution < -0.4 is 10.1 Å². The zero-order valence-corrected chi connectivity index (χ0v) is 14.0. The predicted molar refractivity (Wildman–Crippen MR) is 87.4 cm³/mol. The third kappa shape index (κ3) is 6.16. The van der Waals surface area contributed by atoms with Gasteiger partial charge in [0.2, 0.25) is 0 Å². The van der Waals surface area contributed by atoms with Crippen LogP contribution in [0.3, 0.4) is 0 Å². The molecule has 0 amide bonds. The van der Waals surface area contributed by atoms with Crippen LogP contribution in [-0.2, 0) is 12.3 Å². The molecule has 0 aliphatic heterocycles. The van der Waals surface area contributed by atoms with Crippen molar-refractivity contribution in [2.45, 2.75) is 50.8 Å². The van der Waals surface area contributed by atoms with Crippen LogP contribution in [0.25, 0.3) is 0 Å². The van der Waals surface area contributed by atoms with Crippen LogP contribution in [0.5, 0.6) is 5.75 Å². The Morgan fingerprint density at radius 2 is 2.05 bits per heavy atom. The number of ether oxygens (including phenoxy) is 1. The standard InChI is InChI=1S/C16H27NO2S/c1-12(10-18)20-11-14-8-13(6-7-15(14)19-5)9-17-16(2,3)4/h6-8,12,17-18H,9-11H2,1-5H3. The van der Waals surface area contributed by atoms with Gasteiger partial charge in [-0.3, -0.25) is 0 Å². The number of aliphatic hydroxyl groups is 1. The van der Waals surface area contributed by atoms with Crippen molar-refractivity contribution in [2.24, 2.45) is 0 Å². The van der Waals surface area contributed by atoms with Crippen molar-refractivity contribution in [3.05, 3.63) is 29.3 Å². The van der Waals surface area contributed by atoms with Gasteiger partial charge in [-0.25, -0.2) is 0 Å². The van der Waals surface area contributed by atoms with Gasteiger partial charge in [0.1, 0.15) is 5.75 Å². The lowest BCUT2D eigenvalue weighted by atomic mass is 10.1. The predicted octanol–water partition coefficient (Wildman–Crippen LogP) is 3.20. The van der Waals surface area contributed by atoms with Gasteiger partial charge in [0.05, 0.1) is 13.7 Å². The number of thioether (sulfide) groups is 1. The van der Waals surface area contributed by atoms with Crippen LogP contribution in [-0.4, -0.2) is 29.6 Å². The quantitative estimate of drug-likeness (QED) is 0.811. The maximum Gasteiger partial charge on any atom is 0.122 e. The molecule has 2 N–H and O–H groups in total. The molecule has 0 radical (unpaired) electrons. The summed E-state index contributed by atoms with van der Waals surface area (Å²) >= 11 is 1.74. The van der Waals surface area contributed by atoms with Crippen LogP contribution in [0.15, 0.2) is 18.2 Å². The number of nitrogens with one attached hydrogen (secondary N) is 1. The SMILES string of the molecule is COc1ccc(CNC(C)(C)C)cc1CSC(C)CO. The van der Waals surface area contributed by atoms with Crippen molar-refractivity contribution >= 4 is 11.8 Å². The Morgan fingerprint density at radius 1 is 1.35 bits per heavy atom. The van der Waals surface area contributed by atoms with E-state index in [1.165, 1.54) is 11.1 Å². The summed E-state index contributed by atoms with van der Waals surface area (Å²) in [4.78, 5) is 0. The molecule has 0 saturated heterocycles. The van der Waals surface area contributed by atoms with E-state index in [1.807, 2.05) is 13.0 Å². The zero-order valence-electron chi connectivity index (χ0n) is 13.2. The molecular formula is C16H27NO2S. The molecule has 3 nitrogen and oxygen atoms in total. The van der Waals surface area contributed by atoms with Gasteiger partial charge in [-0.2, -0.15) is 11.8 Å². The van der Waals surface area contributed by atoms with Gasteiger partial charge in [0.15, 0.2) is 0 Å². The molecule has 1 rings (SSSR count). The summed E-state index contributed by atoms with van der Waals surface area (Å²) in [5.74, 6) is 1.77. The molecule has 1 aromatic carbocycles. The van der Waals surface area contributed by atoms with E-state index in [-0.39, 0.29) is 17.4 Å². The second kappa shape index (κ2) is 7.91. The summed E-state index contributed by atoms with van der Waals surface area (Å²) in [7, 11) is 1.70. The summed E-state index contributed by atoms with van der Waals surface area (Å²) in [6.07, 6.45) is 0. The third-order valence-corrected chi connectivity index (χ3v) is 4.14. The van der Waals surface area contributed by atoms with Gasteiger partial charge < -0.3 is 15.2 Å². The lowest BCUT2D eigenvalue weighted by molar-refractivity contribution is 0.300. The Kier molecular flexibility index (Phi) is 6.86. The average molecular weight is 297 g/mol. The van der Waals surface area contributed by atoms with Crippen LogP contribution in [0.1, 0.15) is 38.8 Å². The topological polar surface area (TPSA) is 41.5 Å². The third-order valence-electron chi connectivity index (χ3n) is 2.95. The number of methoxy groups -OCH3 is 1. The summed E-state index contributed by atoms with van der Waals surface area (Å²) in [5, 5.41) is 12.8. The normalized spacial score (nSPS) is 13.3. The highest BCUT2D eigenvalue weighted by atomic mass is 32.2. The fraction of sp³-hybridized carbons (Fsp3) is 0.625. The van der Waals surface area contributed by atoms with Gasteiger partial charge in [-0.05, 0) is 38.5 Å². The molecule has 0 fully saturated rings. The monoisotopic (exact) mass is 297 g/mol. The molecule has 0 spiro atoms. The second-order valence-corrected chi connectivity index (χ2v) is 7.48. The highest BCUT2D eigenvalue weighted by Crippen LogP contribution is 2.26. The van der Waals surface area contributed by atoms with E-state index in [4.69, 9.17) is 9.84 Å². The summed E-state index contributed by atoms with van der Waals surface area (Å²) in [5.41, 5.74) is 2.55. The van der Waals surface area contributed by atoms with E-state index in [0.717, 1.165) is 18.0 Å². The Bertz CT molecular complexity index is 415. The molecule has 114 valence electrons. The molecule has 1 unspecified atom stereocenters. The number of hydrogen-bond acceptors (Lipinski definition) is 4. The van der Waals surface area contributed by atoms with Crippen LogP contribution >= 0.6 is 11.8 Å². The highest BCUT2D eigenvalue weighted by Gasteiger charge is 2.11. The molecule has 0 heterocycles. The van der Waals surface area contributed by atoms with Crippen molar-refractivity contribution in [3.8, 4) is 5.75 Å². The first-order valence-corrected chi connectivity index (χ1v) is 8.04. The van der Waals surface area contributed by atoms with Crippen molar-refractivity contribution in [1.82, 2.24) is 5.32 Å². The minimum absolute atomic E-state index is 0.111. The first-order valence-electron chi connectivity index (χ1n) is 6.99. The fourth-order valence-corrected chi connectivity index (χ4v) is 2.50. The van der Waals surface area contributed by atoms with E-state index >= 15 is 0 Å². The first-order chi connectivity index (χ1) is 9.35. The number of aliphatic hydroxyl groups excluding tert-OH is 1. The molecule has 0 aromatic heterocycles. The van der Waals surface area contributed by atoms with Crippen molar-refractivity contribution in [2.75, 3.05) is 13.7 Å². The van der Waals surface area contributed by atoms with Gasteiger partial charge in [0.25, 0.3) is 0 Å². The highest BCUT2D eigenvalue weighted by molar-refractivity contribution is 7.99. The van der Waals surface area contributed by atoms with Gasteiger partial charge in [0, 0.05) is 28.6 Å². The molecule has 0 aliphatic rings. The van der Waals surface area contributed by atoms with Crippen LogP contribution in [0.4, 0.5) is 0 Å². The van der Waals surface area contributed by atoms with E-state index in [0.29, 0.717) is 0 Å². The molecule has 1 atom stereocenters. The Balaban J connectivity index is 2.74. The summed E-state index contributed by atoms with van der Waals surface area (Å²) in [6, 6.07) is 6.31. The number of hydrogen-bond donors (Lipinski definition) is 2. The Labute approximate surface area is 127 Å². The molecule has 4 heteroatoms. The minimum atomic E-state index is 0.111. The van der Waals surface area contributed by atoms with Crippen molar-refractivity contribution in [3.63, 3.8) is 0 Å². The van der Waals surface area contributed by atoms with E-state index in [9.17, 15) is 0 Å². The maximum absolute atomic E-state index is 9.11. The summed E-state index contributed by atoms with van der Waals surface area (Å²) < 4.78 is 5.42. The lowest BCUT2D eigenvalue weighted by Gasteiger charge is -2.21. The van der Waals surface area contributed by atoms with Crippen LogP contribution in [0.2, 0.25) is 0 Å². The largest absolute Gasteiger partial charge is 0.496 e. The maximum atomic E-state index is 9.11. The molecular weight excluding hydrogens is 270 g/mol. The van der Waals surface area contributed by atoms with Gasteiger partial charge in [-0.1, -0.05) is 13.0 Å². The molecule has 0 saturated carbocycles. The average Bonchev–Trinajstić information content (AvgIpc) is 2.41.